The monoisotopic (exact) mass is 555 g/mol. The van der Waals surface area contributed by atoms with Gasteiger partial charge in [0.1, 0.15) is 0 Å². The molecule has 6 aromatic rings. The fourth-order valence-corrected chi connectivity index (χ4v) is 6.83. The van der Waals surface area contributed by atoms with E-state index in [0.29, 0.717) is 0 Å². The van der Waals surface area contributed by atoms with Gasteiger partial charge in [-0.1, -0.05) is 103 Å². The molecule has 3 heteroatoms. The number of anilines is 7. The van der Waals surface area contributed by atoms with Crippen molar-refractivity contribution in [2.45, 2.75) is 13.8 Å². The van der Waals surface area contributed by atoms with Gasteiger partial charge in [-0.3, -0.25) is 0 Å². The van der Waals surface area contributed by atoms with Gasteiger partial charge < -0.3 is 14.7 Å². The molecule has 3 nitrogen and oxygen atoms in total. The Morgan fingerprint density at radius 2 is 0.721 bits per heavy atom. The van der Waals surface area contributed by atoms with Gasteiger partial charge in [0, 0.05) is 13.1 Å². The van der Waals surface area contributed by atoms with Gasteiger partial charge in [0.25, 0.3) is 0 Å². The Balaban J connectivity index is 1.41. The Morgan fingerprint density at radius 3 is 1.12 bits per heavy atom. The Kier molecular flexibility index (Phi) is 6.04. The maximum absolute atomic E-state index is 2.51. The highest BCUT2D eigenvalue weighted by molar-refractivity contribution is 6.11. The Bertz CT molecular complexity index is 1830. The lowest BCUT2D eigenvalue weighted by Gasteiger charge is -2.47. The van der Waals surface area contributed by atoms with Crippen molar-refractivity contribution >= 4 is 39.8 Å². The van der Waals surface area contributed by atoms with E-state index in [1.807, 2.05) is 0 Å². The second-order valence-electron chi connectivity index (χ2n) is 11.2. The average Bonchev–Trinajstić information content (AvgIpc) is 3.08. The lowest BCUT2D eigenvalue weighted by atomic mass is 9.93. The minimum absolute atomic E-state index is 0.871. The number of hydrogen-bond donors (Lipinski definition) is 0. The van der Waals surface area contributed by atoms with Gasteiger partial charge in [0.15, 0.2) is 0 Å². The maximum Gasteiger partial charge on any atom is 0.0941 e. The Hall–Kier alpha value is -5.28. The Morgan fingerprint density at radius 1 is 0.349 bits per heavy atom. The molecule has 2 heterocycles. The smallest absolute Gasteiger partial charge is 0.0941 e. The standard InChI is InChI=1S/C40H33N3/c1-3-41-36-24-31(28-14-8-5-9-15-28)20-22-34(36)43-35-23-21-32(29-16-10-6-11-17-29)25-37(35)42(4-2)39-27-33(26-38(41)40(39)43)30-18-12-7-13-19-30/h5-27H,3-4H2,1-2H3. The fourth-order valence-electron chi connectivity index (χ4n) is 6.83. The summed E-state index contributed by atoms with van der Waals surface area (Å²) in [6, 6.07) is 50.9. The second kappa shape index (κ2) is 10.2. The van der Waals surface area contributed by atoms with Crippen molar-refractivity contribution in [1.82, 2.24) is 0 Å². The van der Waals surface area contributed by atoms with Crippen LogP contribution in [0.3, 0.4) is 0 Å². The summed E-state index contributed by atoms with van der Waals surface area (Å²) < 4.78 is 0. The molecular formula is C40H33N3. The summed E-state index contributed by atoms with van der Waals surface area (Å²) in [7, 11) is 0. The molecular weight excluding hydrogens is 522 g/mol. The van der Waals surface area contributed by atoms with Crippen LogP contribution in [-0.2, 0) is 0 Å². The van der Waals surface area contributed by atoms with E-state index in [0.717, 1.165) is 13.1 Å². The molecule has 0 bridgehead atoms. The molecule has 0 radical (unpaired) electrons. The summed E-state index contributed by atoms with van der Waals surface area (Å²) in [6.45, 7) is 6.26. The molecule has 0 amide bonds. The number of nitrogens with zero attached hydrogens (tertiary/aromatic N) is 3. The van der Waals surface area contributed by atoms with Crippen LogP contribution in [0.4, 0.5) is 39.8 Å². The molecule has 8 rings (SSSR count). The number of hydrogen-bond acceptors (Lipinski definition) is 3. The molecule has 0 fully saturated rings. The van der Waals surface area contributed by atoms with Gasteiger partial charge >= 0.3 is 0 Å². The van der Waals surface area contributed by atoms with Crippen LogP contribution in [0, 0.1) is 0 Å². The van der Waals surface area contributed by atoms with Crippen LogP contribution in [-0.4, -0.2) is 13.1 Å². The molecule has 0 aromatic heterocycles. The first-order chi connectivity index (χ1) is 21.2. The van der Waals surface area contributed by atoms with Crippen molar-refractivity contribution < 1.29 is 0 Å². The summed E-state index contributed by atoms with van der Waals surface area (Å²) in [5.41, 5.74) is 16.0. The van der Waals surface area contributed by atoms with Gasteiger partial charge in [-0.05, 0) is 83.6 Å². The van der Waals surface area contributed by atoms with Crippen LogP contribution in [0.5, 0.6) is 0 Å². The molecule has 43 heavy (non-hydrogen) atoms. The van der Waals surface area contributed by atoms with Crippen molar-refractivity contribution in [3.63, 3.8) is 0 Å². The van der Waals surface area contributed by atoms with Crippen molar-refractivity contribution in [2.75, 3.05) is 27.8 Å². The first kappa shape index (κ1) is 25.4. The molecule has 0 aliphatic carbocycles. The van der Waals surface area contributed by atoms with E-state index in [9.17, 15) is 0 Å². The summed E-state index contributed by atoms with van der Waals surface area (Å²) in [5.74, 6) is 0. The highest BCUT2D eigenvalue weighted by Crippen LogP contribution is 2.61. The average molecular weight is 556 g/mol. The molecule has 0 saturated carbocycles. The third kappa shape index (κ3) is 4.04. The first-order valence-corrected chi connectivity index (χ1v) is 15.2. The molecule has 2 aliphatic rings. The molecule has 208 valence electrons. The van der Waals surface area contributed by atoms with Crippen LogP contribution in [0.1, 0.15) is 13.8 Å². The first-order valence-electron chi connectivity index (χ1n) is 15.2. The molecule has 2 aliphatic heterocycles. The number of fused-ring (bicyclic) bond motifs is 4. The Labute approximate surface area is 253 Å². The van der Waals surface area contributed by atoms with Crippen LogP contribution in [0.15, 0.2) is 140 Å². The van der Waals surface area contributed by atoms with Gasteiger partial charge in [-0.2, -0.15) is 0 Å². The van der Waals surface area contributed by atoms with Gasteiger partial charge in [0.05, 0.1) is 39.8 Å². The molecule has 0 saturated heterocycles. The van der Waals surface area contributed by atoms with Gasteiger partial charge in [0.2, 0.25) is 0 Å². The van der Waals surface area contributed by atoms with E-state index >= 15 is 0 Å². The minimum atomic E-state index is 0.871. The molecule has 6 aromatic carbocycles. The zero-order chi connectivity index (χ0) is 28.9. The van der Waals surface area contributed by atoms with Crippen molar-refractivity contribution in [3.8, 4) is 33.4 Å². The van der Waals surface area contributed by atoms with E-state index in [1.54, 1.807) is 0 Å². The third-order valence-corrected chi connectivity index (χ3v) is 8.84. The SMILES string of the molecule is CCN1c2cc(-c3ccccc3)ccc2N2c3ccc(-c4ccccc4)cc3N(CC)c3cc(-c4ccccc4)cc1c32. The number of rotatable bonds is 5. The predicted molar refractivity (Wildman–Crippen MR) is 183 cm³/mol. The van der Waals surface area contributed by atoms with Crippen LogP contribution < -0.4 is 14.7 Å². The van der Waals surface area contributed by atoms with Crippen molar-refractivity contribution in [3.05, 3.63) is 140 Å². The minimum Gasteiger partial charge on any atom is -0.338 e. The lowest BCUT2D eigenvalue weighted by Crippen LogP contribution is -2.33. The van der Waals surface area contributed by atoms with E-state index in [1.165, 1.54) is 73.2 Å². The van der Waals surface area contributed by atoms with E-state index in [4.69, 9.17) is 0 Å². The summed E-state index contributed by atoms with van der Waals surface area (Å²) in [5, 5.41) is 0. The van der Waals surface area contributed by atoms with Gasteiger partial charge in [-0.25, -0.2) is 0 Å². The van der Waals surface area contributed by atoms with Crippen molar-refractivity contribution in [2.24, 2.45) is 0 Å². The fraction of sp³-hybridized carbons (Fsp3) is 0.100. The van der Waals surface area contributed by atoms with Crippen LogP contribution >= 0.6 is 0 Å². The molecule has 0 atom stereocenters. The zero-order valence-corrected chi connectivity index (χ0v) is 24.5. The predicted octanol–water partition coefficient (Wildman–Crippen LogP) is 11.1. The summed E-state index contributed by atoms with van der Waals surface area (Å²) >= 11 is 0. The van der Waals surface area contributed by atoms with Crippen molar-refractivity contribution in [1.29, 1.82) is 0 Å². The van der Waals surface area contributed by atoms with E-state index in [2.05, 4.69) is 168 Å². The third-order valence-electron chi connectivity index (χ3n) is 8.84. The zero-order valence-electron chi connectivity index (χ0n) is 24.5. The largest absolute Gasteiger partial charge is 0.338 e. The molecule has 0 unspecified atom stereocenters. The number of benzene rings is 6. The van der Waals surface area contributed by atoms with Gasteiger partial charge in [-0.15, -0.1) is 0 Å². The topological polar surface area (TPSA) is 9.72 Å². The van der Waals surface area contributed by atoms with E-state index < -0.39 is 0 Å². The lowest BCUT2D eigenvalue weighted by molar-refractivity contribution is 0.963. The highest BCUT2D eigenvalue weighted by atomic mass is 15.3. The van der Waals surface area contributed by atoms with Crippen LogP contribution in [0.2, 0.25) is 0 Å². The molecule has 0 spiro atoms. The normalized spacial score (nSPS) is 12.9. The maximum atomic E-state index is 2.51. The highest BCUT2D eigenvalue weighted by Gasteiger charge is 2.38. The summed E-state index contributed by atoms with van der Waals surface area (Å²) in [4.78, 5) is 7.51. The van der Waals surface area contributed by atoms with Crippen LogP contribution in [0.25, 0.3) is 33.4 Å². The molecule has 0 N–H and O–H groups in total. The second-order valence-corrected chi connectivity index (χ2v) is 11.2. The quantitative estimate of drug-likeness (QED) is 0.209. The summed E-state index contributed by atoms with van der Waals surface area (Å²) in [6.07, 6.45) is 0. The van der Waals surface area contributed by atoms with E-state index in [-0.39, 0.29) is 0 Å².